The molecule has 0 spiro atoms. The van der Waals surface area contributed by atoms with Crippen LogP contribution in [0, 0.1) is 11.3 Å². The van der Waals surface area contributed by atoms with E-state index in [9.17, 15) is 4.79 Å². The number of thioether (sulfide) groups is 1. The molecule has 0 atom stereocenters. The minimum Gasteiger partial charge on any atom is -0.382 e. The van der Waals surface area contributed by atoms with Crippen LogP contribution in [0.1, 0.15) is 13.3 Å². The van der Waals surface area contributed by atoms with Crippen LogP contribution in [0.4, 0.5) is 0 Å². The fourth-order valence-electron chi connectivity index (χ4n) is 2.02. The minimum absolute atomic E-state index is 0.0578. The van der Waals surface area contributed by atoms with Crippen LogP contribution in [0.15, 0.2) is 34.2 Å². The zero-order valence-electron chi connectivity index (χ0n) is 11.9. The molecule has 2 rings (SSSR count). The minimum atomic E-state index is -0.0578. The number of hydrogen-bond donors (Lipinski definition) is 0. The highest BCUT2D eigenvalue weighted by Gasteiger charge is 2.10. The van der Waals surface area contributed by atoms with E-state index in [2.05, 4.69) is 11.1 Å². The number of aromatic nitrogens is 2. The fourth-order valence-corrected chi connectivity index (χ4v) is 2.71. The summed E-state index contributed by atoms with van der Waals surface area (Å²) < 4.78 is 6.95. The van der Waals surface area contributed by atoms with Gasteiger partial charge in [0.05, 0.1) is 22.7 Å². The average Bonchev–Trinajstić information content (AvgIpc) is 2.51. The largest absolute Gasteiger partial charge is 0.382 e. The van der Waals surface area contributed by atoms with Crippen LogP contribution in [0.5, 0.6) is 0 Å². The Bertz CT molecular complexity index is 706. The van der Waals surface area contributed by atoms with Crippen molar-refractivity contribution in [1.29, 1.82) is 5.26 Å². The lowest BCUT2D eigenvalue weighted by Crippen LogP contribution is -2.24. The lowest BCUT2D eigenvalue weighted by molar-refractivity contribution is 0.140. The number of rotatable bonds is 7. The molecule has 0 radical (unpaired) electrons. The molecule has 0 fully saturated rings. The normalized spacial score (nSPS) is 10.7. The van der Waals surface area contributed by atoms with Gasteiger partial charge < -0.3 is 4.74 Å². The summed E-state index contributed by atoms with van der Waals surface area (Å²) in [5.74, 6) is 0.274. The zero-order valence-corrected chi connectivity index (χ0v) is 12.7. The van der Waals surface area contributed by atoms with Crippen molar-refractivity contribution in [3.63, 3.8) is 0 Å². The Morgan fingerprint density at radius 3 is 3.00 bits per heavy atom. The van der Waals surface area contributed by atoms with E-state index in [-0.39, 0.29) is 11.3 Å². The molecule has 0 saturated carbocycles. The molecule has 1 aromatic carbocycles. The third-order valence-corrected chi connectivity index (χ3v) is 3.81. The lowest BCUT2D eigenvalue weighted by Gasteiger charge is -2.12. The Balaban J connectivity index is 2.36. The summed E-state index contributed by atoms with van der Waals surface area (Å²) in [6.45, 7) is 3.77. The SMILES string of the molecule is CCOCCCn1c(SCC#N)nc2ccccc2c1=O. The summed E-state index contributed by atoms with van der Waals surface area (Å²) in [6.07, 6.45) is 0.744. The van der Waals surface area contributed by atoms with E-state index in [1.54, 1.807) is 10.6 Å². The van der Waals surface area contributed by atoms with Gasteiger partial charge in [-0.3, -0.25) is 9.36 Å². The van der Waals surface area contributed by atoms with E-state index in [1.165, 1.54) is 11.8 Å². The summed E-state index contributed by atoms with van der Waals surface area (Å²) in [5.41, 5.74) is 0.613. The molecular weight excluding hydrogens is 286 g/mol. The van der Waals surface area contributed by atoms with Gasteiger partial charge in [-0.05, 0) is 25.5 Å². The smallest absolute Gasteiger partial charge is 0.262 e. The van der Waals surface area contributed by atoms with Crippen molar-refractivity contribution in [1.82, 2.24) is 9.55 Å². The summed E-state index contributed by atoms with van der Waals surface area (Å²) in [5, 5.41) is 9.94. The number of nitriles is 1. The maximum Gasteiger partial charge on any atom is 0.262 e. The van der Waals surface area contributed by atoms with Crippen molar-refractivity contribution in [3.8, 4) is 6.07 Å². The van der Waals surface area contributed by atoms with Gasteiger partial charge in [0.1, 0.15) is 0 Å². The molecule has 0 bridgehead atoms. The Morgan fingerprint density at radius 2 is 2.24 bits per heavy atom. The Morgan fingerprint density at radius 1 is 1.43 bits per heavy atom. The highest BCUT2D eigenvalue weighted by Crippen LogP contribution is 2.17. The molecule has 0 aliphatic heterocycles. The number of nitrogens with zero attached hydrogens (tertiary/aromatic N) is 3. The standard InChI is InChI=1S/C15H17N3O2S/c1-2-20-10-5-9-18-14(19)12-6-3-4-7-13(12)17-15(18)21-11-8-16/h3-4,6-7H,2,5,9-11H2,1H3. The quantitative estimate of drug-likeness (QED) is 0.446. The molecule has 6 heteroatoms. The van der Waals surface area contributed by atoms with Crippen molar-refractivity contribution in [3.05, 3.63) is 34.6 Å². The van der Waals surface area contributed by atoms with Gasteiger partial charge in [0.2, 0.25) is 0 Å². The number of fused-ring (bicyclic) bond motifs is 1. The Hall–Kier alpha value is -1.84. The lowest BCUT2D eigenvalue weighted by atomic mass is 10.2. The molecule has 0 N–H and O–H groups in total. The first-order chi connectivity index (χ1) is 10.3. The molecule has 0 aliphatic rings. The van der Waals surface area contributed by atoms with Crippen LogP contribution in [-0.4, -0.2) is 28.5 Å². The topological polar surface area (TPSA) is 67.9 Å². The van der Waals surface area contributed by atoms with Gasteiger partial charge in [-0.25, -0.2) is 4.98 Å². The van der Waals surface area contributed by atoms with Gasteiger partial charge in [-0.15, -0.1) is 0 Å². The second-order valence-corrected chi connectivity index (χ2v) is 5.31. The van der Waals surface area contributed by atoms with Crippen molar-refractivity contribution in [2.75, 3.05) is 19.0 Å². The van der Waals surface area contributed by atoms with E-state index < -0.39 is 0 Å². The summed E-state index contributed by atoms with van der Waals surface area (Å²) in [6, 6.07) is 9.35. The van der Waals surface area contributed by atoms with Crippen molar-refractivity contribution >= 4 is 22.7 Å². The molecule has 0 aliphatic carbocycles. The zero-order chi connectivity index (χ0) is 15.1. The van der Waals surface area contributed by atoms with Crippen molar-refractivity contribution in [2.45, 2.75) is 25.0 Å². The molecule has 0 amide bonds. The van der Waals surface area contributed by atoms with E-state index in [0.29, 0.717) is 35.8 Å². The predicted molar refractivity (Wildman–Crippen MR) is 83.5 cm³/mol. The van der Waals surface area contributed by atoms with Crippen molar-refractivity contribution < 1.29 is 4.74 Å². The second-order valence-electron chi connectivity index (χ2n) is 4.37. The Kier molecular flexibility index (Phi) is 5.78. The van der Waals surface area contributed by atoms with Gasteiger partial charge in [0, 0.05) is 19.8 Å². The third kappa shape index (κ3) is 3.84. The van der Waals surface area contributed by atoms with Gasteiger partial charge in [0.25, 0.3) is 5.56 Å². The average molecular weight is 303 g/mol. The highest BCUT2D eigenvalue weighted by atomic mass is 32.2. The third-order valence-electron chi connectivity index (χ3n) is 2.97. The number of hydrogen-bond acceptors (Lipinski definition) is 5. The van der Waals surface area contributed by atoms with Crippen LogP contribution in [-0.2, 0) is 11.3 Å². The van der Waals surface area contributed by atoms with E-state index >= 15 is 0 Å². The molecule has 110 valence electrons. The van der Waals surface area contributed by atoms with E-state index in [4.69, 9.17) is 10.00 Å². The van der Waals surface area contributed by atoms with Gasteiger partial charge in [-0.1, -0.05) is 23.9 Å². The van der Waals surface area contributed by atoms with Crippen LogP contribution in [0.2, 0.25) is 0 Å². The van der Waals surface area contributed by atoms with Gasteiger partial charge >= 0.3 is 0 Å². The summed E-state index contributed by atoms with van der Waals surface area (Å²) in [7, 11) is 0. The molecule has 2 aromatic rings. The van der Waals surface area contributed by atoms with E-state index in [1.807, 2.05) is 25.1 Å². The fraction of sp³-hybridized carbons (Fsp3) is 0.400. The molecule has 0 saturated heterocycles. The van der Waals surface area contributed by atoms with Crippen LogP contribution >= 0.6 is 11.8 Å². The molecular formula is C15H17N3O2S. The Labute approximate surface area is 127 Å². The maximum absolute atomic E-state index is 12.6. The first kappa shape index (κ1) is 15.5. The summed E-state index contributed by atoms with van der Waals surface area (Å²) in [4.78, 5) is 17.1. The van der Waals surface area contributed by atoms with Crippen LogP contribution in [0.25, 0.3) is 10.9 Å². The maximum atomic E-state index is 12.6. The number of para-hydroxylation sites is 1. The van der Waals surface area contributed by atoms with Crippen LogP contribution < -0.4 is 5.56 Å². The molecule has 0 unspecified atom stereocenters. The van der Waals surface area contributed by atoms with Crippen LogP contribution in [0.3, 0.4) is 0 Å². The molecule has 1 aromatic heterocycles. The molecule has 21 heavy (non-hydrogen) atoms. The first-order valence-corrected chi connectivity index (χ1v) is 7.83. The monoisotopic (exact) mass is 303 g/mol. The highest BCUT2D eigenvalue weighted by molar-refractivity contribution is 7.99. The van der Waals surface area contributed by atoms with Crippen molar-refractivity contribution in [2.24, 2.45) is 0 Å². The van der Waals surface area contributed by atoms with Gasteiger partial charge in [-0.2, -0.15) is 5.26 Å². The molecule has 1 heterocycles. The predicted octanol–water partition coefficient (Wildman–Crippen LogP) is 2.44. The molecule has 5 nitrogen and oxygen atoms in total. The van der Waals surface area contributed by atoms with E-state index in [0.717, 1.165) is 6.42 Å². The van der Waals surface area contributed by atoms with Gasteiger partial charge in [0.15, 0.2) is 5.16 Å². The number of ether oxygens (including phenoxy) is 1. The first-order valence-electron chi connectivity index (χ1n) is 6.85. The number of benzene rings is 1. The second kappa shape index (κ2) is 7.81. The summed E-state index contributed by atoms with van der Waals surface area (Å²) >= 11 is 1.29.